The number of hydrogen-bond donors (Lipinski definition) is 0. The zero-order valence-electron chi connectivity index (χ0n) is 16.3. The lowest BCUT2D eigenvalue weighted by Crippen LogP contribution is -2.44. The normalized spacial score (nSPS) is 15.1. The number of carbonyl (C=O) groups is 1. The van der Waals surface area contributed by atoms with Crippen LogP contribution in [0.5, 0.6) is 11.5 Å². The van der Waals surface area contributed by atoms with E-state index >= 15 is 0 Å². The number of amides is 1. The van der Waals surface area contributed by atoms with Crippen molar-refractivity contribution >= 4 is 29.3 Å². The maximum Gasteiger partial charge on any atom is 0.233 e. The molecule has 1 aromatic heterocycles. The first-order valence-electron chi connectivity index (χ1n) is 9.47. The molecule has 10 heteroatoms. The van der Waals surface area contributed by atoms with Crippen LogP contribution < -0.4 is 9.47 Å². The largest absolute Gasteiger partial charge is 0.486 e. The first-order valence-corrected chi connectivity index (χ1v) is 10.8. The fraction of sp³-hybridized carbons (Fsp3) is 0.300. The van der Waals surface area contributed by atoms with E-state index in [4.69, 9.17) is 21.1 Å². The molecule has 0 radical (unpaired) electrons. The van der Waals surface area contributed by atoms with Gasteiger partial charge in [-0.25, -0.2) is 0 Å². The minimum absolute atomic E-state index is 0.0226. The van der Waals surface area contributed by atoms with Gasteiger partial charge in [-0.3, -0.25) is 4.79 Å². The number of hydrogen-bond acceptors (Lipinski definition) is 7. The van der Waals surface area contributed by atoms with Gasteiger partial charge in [-0.1, -0.05) is 41.6 Å². The molecule has 3 aromatic rings. The van der Waals surface area contributed by atoms with Crippen molar-refractivity contribution in [2.75, 3.05) is 25.4 Å². The van der Waals surface area contributed by atoms with Crippen molar-refractivity contribution < 1.29 is 14.3 Å². The molecule has 0 N–H and O–H groups in total. The first-order chi connectivity index (χ1) is 14.6. The summed E-state index contributed by atoms with van der Waals surface area (Å²) in [6.07, 6.45) is -0.217. The molecule has 2 aromatic carbocycles. The van der Waals surface area contributed by atoms with Crippen LogP contribution in [-0.2, 0) is 4.79 Å². The molecule has 1 atom stereocenters. The van der Waals surface area contributed by atoms with E-state index in [1.165, 1.54) is 11.8 Å². The van der Waals surface area contributed by atoms with Gasteiger partial charge < -0.3 is 14.4 Å². The summed E-state index contributed by atoms with van der Waals surface area (Å²) < 4.78 is 13.3. The highest BCUT2D eigenvalue weighted by Gasteiger charge is 2.25. The second-order valence-electron chi connectivity index (χ2n) is 6.57. The molecule has 1 amide bonds. The summed E-state index contributed by atoms with van der Waals surface area (Å²) in [7, 11) is 0. The molecule has 8 nitrogen and oxygen atoms in total. The van der Waals surface area contributed by atoms with E-state index in [1.54, 1.807) is 21.7 Å². The van der Waals surface area contributed by atoms with E-state index in [-0.39, 0.29) is 17.8 Å². The summed E-state index contributed by atoms with van der Waals surface area (Å²) in [5, 5.41) is 12.9. The number of para-hydroxylation sites is 2. The zero-order chi connectivity index (χ0) is 20.9. The van der Waals surface area contributed by atoms with Crippen molar-refractivity contribution in [3.63, 3.8) is 0 Å². The second kappa shape index (κ2) is 9.36. The van der Waals surface area contributed by atoms with Gasteiger partial charge in [0, 0.05) is 11.6 Å². The average Bonchev–Trinajstić information content (AvgIpc) is 3.24. The van der Waals surface area contributed by atoms with Crippen molar-refractivity contribution in [1.29, 1.82) is 0 Å². The Hall–Kier alpha value is -2.78. The van der Waals surface area contributed by atoms with Crippen LogP contribution in [0.4, 0.5) is 0 Å². The standard InChI is InChI=1S/C20H20ClN5O3S/c1-2-25(11-16-12-28-17-8-3-4-9-18(17)29-16)19(27)13-30-20-22-23-24-26(20)15-7-5-6-14(21)10-15/h3-10,16H,2,11-13H2,1H3/t16-/m0/s1. The fourth-order valence-corrected chi connectivity index (χ4v) is 4.04. The molecule has 2 heterocycles. The minimum atomic E-state index is -0.217. The van der Waals surface area contributed by atoms with Gasteiger partial charge >= 0.3 is 0 Å². The van der Waals surface area contributed by atoms with E-state index in [0.717, 1.165) is 11.4 Å². The molecule has 0 unspecified atom stereocenters. The predicted octanol–water partition coefficient (Wildman–Crippen LogP) is 3.10. The molecule has 1 aliphatic heterocycles. The van der Waals surface area contributed by atoms with Crippen LogP contribution in [0.25, 0.3) is 5.69 Å². The predicted molar refractivity (Wildman–Crippen MR) is 113 cm³/mol. The highest BCUT2D eigenvalue weighted by atomic mass is 35.5. The number of aromatic nitrogens is 4. The average molecular weight is 446 g/mol. The Labute approximate surface area is 183 Å². The van der Waals surface area contributed by atoms with Crippen LogP contribution in [0, 0.1) is 0 Å². The Bertz CT molecular complexity index is 1030. The number of benzene rings is 2. The Balaban J connectivity index is 1.36. The topological polar surface area (TPSA) is 82.4 Å². The van der Waals surface area contributed by atoms with Crippen LogP contribution in [0.2, 0.25) is 5.02 Å². The Morgan fingerprint density at radius 2 is 2.10 bits per heavy atom. The number of ether oxygens (including phenoxy) is 2. The van der Waals surface area contributed by atoms with Gasteiger partial charge in [0.05, 0.1) is 18.0 Å². The van der Waals surface area contributed by atoms with Gasteiger partial charge in [0.15, 0.2) is 17.6 Å². The number of tetrazole rings is 1. The van der Waals surface area contributed by atoms with Gasteiger partial charge in [0.25, 0.3) is 0 Å². The number of rotatable bonds is 7. The molecular weight excluding hydrogens is 426 g/mol. The number of thioether (sulfide) groups is 1. The van der Waals surface area contributed by atoms with Gasteiger partial charge in [0.1, 0.15) is 6.61 Å². The Kier molecular flexibility index (Phi) is 6.39. The van der Waals surface area contributed by atoms with Gasteiger partial charge in [-0.2, -0.15) is 4.68 Å². The van der Waals surface area contributed by atoms with E-state index in [2.05, 4.69) is 15.5 Å². The second-order valence-corrected chi connectivity index (χ2v) is 7.95. The van der Waals surface area contributed by atoms with E-state index < -0.39 is 0 Å². The van der Waals surface area contributed by atoms with E-state index in [9.17, 15) is 4.79 Å². The summed E-state index contributed by atoms with van der Waals surface area (Å²) >= 11 is 7.33. The molecule has 0 bridgehead atoms. The lowest BCUT2D eigenvalue weighted by atomic mass is 10.2. The number of nitrogens with zero attached hydrogens (tertiary/aromatic N) is 5. The number of halogens is 1. The Morgan fingerprint density at radius 1 is 1.27 bits per heavy atom. The fourth-order valence-electron chi connectivity index (χ4n) is 3.06. The first kappa shape index (κ1) is 20.5. The quantitative estimate of drug-likeness (QED) is 0.517. The molecule has 0 aliphatic carbocycles. The molecule has 156 valence electrons. The molecule has 0 fully saturated rings. The number of fused-ring (bicyclic) bond motifs is 1. The van der Waals surface area contributed by atoms with Gasteiger partial charge in [-0.15, -0.1) is 5.10 Å². The third kappa shape index (κ3) is 4.68. The molecule has 30 heavy (non-hydrogen) atoms. The molecular formula is C20H20ClN5O3S. The maximum absolute atomic E-state index is 12.8. The molecule has 0 saturated carbocycles. The molecule has 0 saturated heterocycles. The van der Waals surface area contributed by atoms with Crippen molar-refractivity contribution in [2.45, 2.75) is 18.2 Å². The third-order valence-electron chi connectivity index (χ3n) is 4.54. The molecule has 4 rings (SSSR count). The summed E-state index contributed by atoms with van der Waals surface area (Å²) in [6, 6.07) is 14.8. The maximum atomic E-state index is 12.8. The summed E-state index contributed by atoms with van der Waals surface area (Å²) in [5.74, 6) is 1.61. The van der Waals surface area contributed by atoms with Gasteiger partial charge in [-0.05, 0) is 47.7 Å². The molecule has 1 aliphatic rings. The van der Waals surface area contributed by atoms with Crippen molar-refractivity contribution in [3.05, 3.63) is 53.6 Å². The van der Waals surface area contributed by atoms with Gasteiger partial charge in [0.2, 0.25) is 11.1 Å². The summed E-state index contributed by atoms with van der Waals surface area (Å²) in [4.78, 5) is 14.6. The van der Waals surface area contributed by atoms with Crippen molar-refractivity contribution in [1.82, 2.24) is 25.1 Å². The Morgan fingerprint density at radius 3 is 2.90 bits per heavy atom. The molecule has 0 spiro atoms. The van der Waals surface area contributed by atoms with Crippen molar-refractivity contribution in [2.24, 2.45) is 0 Å². The van der Waals surface area contributed by atoms with Crippen LogP contribution in [-0.4, -0.2) is 62.6 Å². The number of likely N-dealkylation sites (N-methyl/N-ethyl adjacent to an activating group) is 1. The minimum Gasteiger partial charge on any atom is -0.486 e. The summed E-state index contributed by atoms with van der Waals surface area (Å²) in [6.45, 7) is 3.36. The van der Waals surface area contributed by atoms with Crippen LogP contribution in [0.3, 0.4) is 0 Å². The zero-order valence-corrected chi connectivity index (χ0v) is 17.8. The monoisotopic (exact) mass is 445 g/mol. The van der Waals surface area contributed by atoms with Crippen LogP contribution >= 0.6 is 23.4 Å². The lowest BCUT2D eigenvalue weighted by molar-refractivity contribution is -0.129. The van der Waals surface area contributed by atoms with E-state index in [1.807, 2.05) is 43.3 Å². The lowest BCUT2D eigenvalue weighted by Gasteiger charge is -2.30. The number of carbonyl (C=O) groups excluding carboxylic acids is 1. The highest BCUT2D eigenvalue weighted by Crippen LogP contribution is 2.31. The van der Waals surface area contributed by atoms with E-state index in [0.29, 0.717) is 35.6 Å². The van der Waals surface area contributed by atoms with Crippen LogP contribution in [0.15, 0.2) is 53.7 Å². The smallest absolute Gasteiger partial charge is 0.233 e. The highest BCUT2D eigenvalue weighted by molar-refractivity contribution is 7.99. The van der Waals surface area contributed by atoms with Crippen LogP contribution in [0.1, 0.15) is 6.92 Å². The SMILES string of the molecule is CCN(C[C@H]1COc2ccccc2O1)C(=O)CSc1nnnn1-c1cccc(Cl)c1. The third-order valence-corrected chi connectivity index (χ3v) is 5.68. The summed E-state index contributed by atoms with van der Waals surface area (Å²) in [5.41, 5.74) is 0.737. The van der Waals surface area contributed by atoms with Crippen molar-refractivity contribution in [3.8, 4) is 17.2 Å².